The fourth-order valence-corrected chi connectivity index (χ4v) is 4.07. The lowest BCUT2D eigenvalue weighted by Gasteiger charge is -2.35. The zero-order valence-electron chi connectivity index (χ0n) is 11.1. The first-order chi connectivity index (χ1) is 9.13. The molecule has 3 rings (SSSR count). The molecule has 2 aliphatic heterocycles. The number of rotatable bonds is 3. The number of fused-ring (bicyclic) bond motifs is 1. The van der Waals surface area contributed by atoms with Crippen LogP contribution in [0.15, 0.2) is 0 Å². The highest BCUT2D eigenvalue weighted by Crippen LogP contribution is 2.30. The molecule has 3 heterocycles. The monoisotopic (exact) mass is 281 g/mol. The minimum atomic E-state index is -0.881. The van der Waals surface area contributed by atoms with Gasteiger partial charge in [0.2, 0.25) is 0 Å². The second-order valence-electron chi connectivity index (χ2n) is 5.44. The Kier molecular flexibility index (Phi) is 3.45. The number of aromatic carboxylic acids is 1. The molecule has 5 nitrogen and oxygen atoms in total. The lowest BCUT2D eigenvalue weighted by atomic mass is 9.98. The maximum absolute atomic E-state index is 11.0. The smallest absolute Gasteiger partial charge is 0.347 e. The quantitative estimate of drug-likeness (QED) is 0.889. The Labute approximate surface area is 116 Å². The molecule has 0 aliphatic carbocycles. The van der Waals surface area contributed by atoms with Crippen molar-refractivity contribution in [1.82, 2.24) is 9.88 Å². The van der Waals surface area contributed by atoms with Gasteiger partial charge in [-0.05, 0) is 39.2 Å². The van der Waals surface area contributed by atoms with Gasteiger partial charge in [-0.2, -0.15) is 0 Å². The molecule has 0 radical (unpaired) electrons. The van der Waals surface area contributed by atoms with Crippen LogP contribution in [0.5, 0.6) is 0 Å². The summed E-state index contributed by atoms with van der Waals surface area (Å²) >= 11 is 1.25. The first-order valence-electron chi connectivity index (χ1n) is 6.85. The Morgan fingerprint density at radius 2 is 2.32 bits per heavy atom. The SMILES string of the molecule is Cc1nc(NC2CCN3CCCC3C2)sc1C(=O)O. The number of nitrogens with zero attached hydrogens (tertiary/aromatic N) is 2. The van der Waals surface area contributed by atoms with Crippen molar-refractivity contribution in [3.05, 3.63) is 10.6 Å². The third-order valence-electron chi connectivity index (χ3n) is 4.14. The molecule has 104 valence electrons. The molecule has 2 fully saturated rings. The number of nitrogens with one attached hydrogen (secondary N) is 1. The summed E-state index contributed by atoms with van der Waals surface area (Å²) in [7, 11) is 0. The van der Waals surface area contributed by atoms with Gasteiger partial charge in [0, 0.05) is 18.6 Å². The van der Waals surface area contributed by atoms with E-state index in [2.05, 4.69) is 15.2 Å². The van der Waals surface area contributed by atoms with Crippen LogP contribution in [-0.2, 0) is 0 Å². The van der Waals surface area contributed by atoms with E-state index in [1.165, 1.54) is 30.7 Å². The molecule has 0 aromatic carbocycles. The van der Waals surface area contributed by atoms with Crippen molar-refractivity contribution in [1.29, 1.82) is 0 Å². The van der Waals surface area contributed by atoms with E-state index in [0.717, 1.165) is 24.5 Å². The van der Waals surface area contributed by atoms with Crippen LogP contribution in [0.2, 0.25) is 0 Å². The molecule has 1 aromatic heterocycles. The Bertz CT molecular complexity index is 488. The number of aromatic nitrogens is 1. The second-order valence-corrected chi connectivity index (χ2v) is 6.44. The summed E-state index contributed by atoms with van der Waals surface area (Å²) in [6, 6.07) is 1.15. The van der Waals surface area contributed by atoms with E-state index < -0.39 is 5.97 Å². The summed E-state index contributed by atoms with van der Waals surface area (Å²) < 4.78 is 0. The normalized spacial score (nSPS) is 27.2. The van der Waals surface area contributed by atoms with Crippen LogP contribution in [0, 0.1) is 6.92 Å². The Balaban J connectivity index is 1.65. The number of anilines is 1. The molecular formula is C13H19N3O2S. The van der Waals surface area contributed by atoms with E-state index in [4.69, 9.17) is 5.11 Å². The number of piperidine rings is 1. The van der Waals surface area contributed by atoms with Crippen molar-refractivity contribution in [2.75, 3.05) is 18.4 Å². The van der Waals surface area contributed by atoms with Crippen molar-refractivity contribution in [2.45, 2.75) is 44.7 Å². The zero-order chi connectivity index (χ0) is 13.4. The van der Waals surface area contributed by atoms with E-state index in [1.54, 1.807) is 6.92 Å². The van der Waals surface area contributed by atoms with E-state index in [9.17, 15) is 4.79 Å². The van der Waals surface area contributed by atoms with E-state index in [1.807, 2.05) is 0 Å². The molecule has 2 aliphatic rings. The topological polar surface area (TPSA) is 65.5 Å². The summed E-state index contributed by atoms with van der Waals surface area (Å²) in [5.74, 6) is -0.881. The fourth-order valence-electron chi connectivity index (χ4n) is 3.19. The summed E-state index contributed by atoms with van der Waals surface area (Å²) in [6.07, 6.45) is 4.89. The fraction of sp³-hybridized carbons (Fsp3) is 0.692. The number of hydrogen-bond acceptors (Lipinski definition) is 5. The molecular weight excluding hydrogens is 262 g/mol. The van der Waals surface area contributed by atoms with E-state index in [0.29, 0.717) is 22.7 Å². The van der Waals surface area contributed by atoms with Crippen molar-refractivity contribution in [3.63, 3.8) is 0 Å². The molecule has 19 heavy (non-hydrogen) atoms. The highest BCUT2D eigenvalue weighted by molar-refractivity contribution is 7.17. The third-order valence-corrected chi connectivity index (χ3v) is 5.22. The van der Waals surface area contributed by atoms with Gasteiger partial charge in [-0.3, -0.25) is 0 Å². The molecule has 0 bridgehead atoms. The highest BCUT2D eigenvalue weighted by atomic mass is 32.1. The van der Waals surface area contributed by atoms with Crippen LogP contribution in [0.1, 0.15) is 41.0 Å². The molecule has 2 unspecified atom stereocenters. The van der Waals surface area contributed by atoms with E-state index >= 15 is 0 Å². The number of carboxylic acids is 1. The maximum atomic E-state index is 11.0. The maximum Gasteiger partial charge on any atom is 0.347 e. The zero-order valence-corrected chi connectivity index (χ0v) is 11.9. The first-order valence-corrected chi connectivity index (χ1v) is 7.66. The van der Waals surface area contributed by atoms with Crippen LogP contribution < -0.4 is 5.32 Å². The van der Waals surface area contributed by atoms with Gasteiger partial charge in [0.25, 0.3) is 0 Å². The average Bonchev–Trinajstić information content (AvgIpc) is 2.95. The standard InChI is InChI=1S/C13H19N3O2S/c1-8-11(12(17)18)19-13(14-8)15-9-4-6-16-5-2-3-10(16)7-9/h9-10H,2-7H2,1H3,(H,14,15)(H,17,18). The van der Waals surface area contributed by atoms with Gasteiger partial charge >= 0.3 is 5.97 Å². The van der Waals surface area contributed by atoms with Gasteiger partial charge in [0.05, 0.1) is 5.69 Å². The lowest BCUT2D eigenvalue weighted by Crippen LogP contribution is -2.42. The summed E-state index contributed by atoms with van der Waals surface area (Å²) in [6.45, 7) is 4.15. The summed E-state index contributed by atoms with van der Waals surface area (Å²) in [5.41, 5.74) is 0.610. The molecule has 2 saturated heterocycles. The predicted molar refractivity (Wildman–Crippen MR) is 75.1 cm³/mol. The summed E-state index contributed by atoms with van der Waals surface area (Å²) in [4.78, 5) is 18.3. The number of hydrogen-bond donors (Lipinski definition) is 2. The number of thiazole rings is 1. The van der Waals surface area contributed by atoms with Crippen LogP contribution in [0.25, 0.3) is 0 Å². The third kappa shape index (κ3) is 2.60. The Morgan fingerprint density at radius 3 is 3.05 bits per heavy atom. The molecule has 1 aromatic rings. The highest BCUT2D eigenvalue weighted by Gasteiger charge is 2.32. The van der Waals surface area contributed by atoms with Gasteiger partial charge in [-0.15, -0.1) is 0 Å². The van der Waals surface area contributed by atoms with Crippen LogP contribution in [0.3, 0.4) is 0 Å². The second kappa shape index (κ2) is 5.09. The number of aryl methyl sites for hydroxylation is 1. The first kappa shape index (κ1) is 12.9. The predicted octanol–water partition coefficient (Wildman–Crippen LogP) is 2.19. The summed E-state index contributed by atoms with van der Waals surface area (Å²) in [5, 5.41) is 13.2. The van der Waals surface area contributed by atoms with Crippen molar-refractivity contribution < 1.29 is 9.90 Å². The van der Waals surface area contributed by atoms with Crippen LogP contribution in [-0.4, -0.2) is 46.1 Å². The lowest BCUT2D eigenvalue weighted by molar-refractivity contribution is 0.0701. The van der Waals surface area contributed by atoms with Crippen LogP contribution in [0.4, 0.5) is 5.13 Å². The van der Waals surface area contributed by atoms with Gasteiger partial charge in [0.15, 0.2) is 5.13 Å². The molecule has 0 amide bonds. The van der Waals surface area contributed by atoms with Crippen molar-refractivity contribution in [3.8, 4) is 0 Å². The van der Waals surface area contributed by atoms with Gasteiger partial charge < -0.3 is 15.3 Å². The number of carboxylic acid groups (broad SMARTS) is 1. The minimum absolute atomic E-state index is 0.348. The molecule has 0 saturated carbocycles. The van der Waals surface area contributed by atoms with Gasteiger partial charge in [-0.25, -0.2) is 9.78 Å². The van der Waals surface area contributed by atoms with Gasteiger partial charge in [0.1, 0.15) is 4.88 Å². The van der Waals surface area contributed by atoms with E-state index in [-0.39, 0.29) is 0 Å². The molecule has 2 N–H and O–H groups in total. The minimum Gasteiger partial charge on any atom is -0.477 e. The largest absolute Gasteiger partial charge is 0.477 e. The molecule has 0 spiro atoms. The number of carbonyl (C=O) groups is 1. The Morgan fingerprint density at radius 1 is 1.47 bits per heavy atom. The Hall–Kier alpha value is -1.14. The molecule has 6 heteroatoms. The van der Waals surface area contributed by atoms with Crippen molar-refractivity contribution in [2.24, 2.45) is 0 Å². The van der Waals surface area contributed by atoms with Gasteiger partial charge in [-0.1, -0.05) is 11.3 Å². The average molecular weight is 281 g/mol. The van der Waals surface area contributed by atoms with Crippen molar-refractivity contribution >= 4 is 22.4 Å². The van der Waals surface area contributed by atoms with Crippen LogP contribution >= 0.6 is 11.3 Å². The molecule has 2 atom stereocenters.